The minimum Gasteiger partial charge on any atom is -0.493 e. The molecule has 1 heterocycles. The quantitative estimate of drug-likeness (QED) is 0.514. The number of hydrogen-bond acceptors (Lipinski definition) is 4. The summed E-state index contributed by atoms with van der Waals surface area (Å²) >= 11 is 0. The highest BCUT2D eigenvalue weighted by Crippen LogP contribution is 2.27. The number of nitrogens with two attached hydrogens (primary N) is 1. The first-order chi connectivity index (χ1) is 14.6. The molecule has 2 aromatic carbocycles. The van der Waals surface area contributed by atoms with Gasteiger partial charge in [-0.1, -0.05) is 37.3 Å². The van der Waals surface area contributed by atoms with Crippen molar-refractivity contribution in [3.63, 3.8) is 0 Å². The first-order valence-electron chi connectivity index (χ1n) is 10.6. The van der Waals surface area contributed by atoms with Gasteiger partial charge >= 0.3 is 0 Å². The normalized spacial score (nSPS) is 17.6. The number of rotatable bonds is 8. The molecule has 0 saturated carbocycles. The van der Waals surface area contributed by atoms with Crippen LogP contribution in [-0.2, 0) is 19.6 Å². The smallest absolute Gasteiger partial charge is 0.189 e. The van der Waals surface area contributed by atoms with E-state index in [0.29, 0.717) is 30.5 Å². The second-order valence-corrected chi connectivity index (χ2v) is 8.04. The van der Waals surface area contributed by atoms with E-state index in [2.05, 4.69) is 46.4 Å². The summed E-state index contributed by atoms with van der Waals surface area (Å²) in [5.41, 5.74) is 9.60. The lowest BCUT2D eigenvalue weighted by molar-refractivity contribution is 0.176. The number of piperidine rings is 1. The maximum atomic E-state index is 6.04. The third-order valence-electron chi connectivity index (χ3n) is 5.52. The second kappa shape index (κ2) is 10.9. The van der Waals surface area contributed by atoms with Crippen LogP contribution in [0.2, 0.25) is 0 Å². The highest BCUT2D eigenvalue weighted by molar-refractivity contribution is 5.77. The van der Waals surface area contributed by atoms with Gasteiger partial charge in [0.15, 0.2) is 17.5 Å². The van der Waals surface area contributed by atoms with E-state index in [-0.39, 0.29) is 0 Å². The molecule has 0 aromatic heterocycles. The van der Waals surface area contributed by atoms with Gasteiger partial charge in [-0.15, -0.1) is 0 Å². The van der Waals surface area contributed by atoms with Gasteiger partial charge < -0.3 is 20.5 Å². The molecule has 1 unspecified atom stereocenters. The van der Waals surface area contributed by atoms with E-state index in [4.69, 9.17) is 15.2 Å². The van der Waals surface area contributed by atoms with Crippen LogP contribution in [0.5, 0.6) is 11.5 Å². The maximum absolute atomic E-state index is 6.04. The first kappa shape index (κ1) is 22.0. The average Bonchev–Trinajstić information content (AvgIpc) is 2.77. The molecule has 1 aliphatic rings. The van der Waals surface area contributed by atoms with Crippen LogP contribution in [0.15, 0.2) is 47.5 Å². The summed E-state index contributed by atoms with van der Waals surface area (Å²) in [6, 6.07) is 14.5. The SMILES string of the molecule is COc1ccc(CN=C(N)NCc2ccc(CN3CCCC(C)C3)cc2)cc1OC. The van der Waals surface area contributed by atoms with Crippen LogP contribution in [0.25, 0.3) is 0 Å². The molecule has 1 aliphatic heterocycles. The van der Waals surface area contributed by atoms with E-state index in [9.17, 15) is 0 Å². The average molecular weight is 411 g/mol. The third kappa shape index (κ3) is 6.39. The minimum absolute atomic E-state index is 0.427. The molecule has 162 valence electrons. The molecule has 0 amide bonds. The minimum atomic E-state index is 0.427. The molecule has 1 atom stereocenters. The summed E-state index contributed by atoms with van der Waals surface area (Å²) in [7, 11) is 3.25. The summed E-state index contributed by atoms with van der Waals surface area (Å²) in [5.74, 6) is 2.63. The van der Waals surface area contributed by atoms with Gasteiger partial charge in [-0.25, -0.2) is 4.99 Å². The van der Waals surface area contributed by atoms with Gasteiger partial charge in [0.2, 0.25) is 0 Å². The summed E-state index contributed by atoms with van der Waals surface area (Å²) in [6.45, 7) is 6.93. The first-order valence-corrected chi connectivity index (χ1v) is 10.6. The Morgan fingerprint density at radius 1 is 1.07 bits per heavy atom. The Morgan fingerprint density at radius 3 is 2.47 bits per heavy atom. The number of benzene rings is 2. The highest BCUT2D eigenvalue weighted by Gasteiger charge is 2.16. The largest absolute Gasteiger partial charge is 0.493 e. The molecule has 1 saturated heterocycles. The molecule has 0 spiro atoms. The Kier molecular flexibility index (Phi) is 7.97. The lowest BCUT2D eigenvalue weighted by atomic mass is 9.99. The van der Waals surface area contributed by atoms with Crippen molar-refractivity contribution in [3.05, 3.63) is 59.2 Å². The van der Waals surface area contributed by atoms with Crippen molar-refractivity contribution in [2.45, 2.75) is 39.4 Å². The predicted molar refractivity (Wildman–Crippen MR) is 122 cm³/mol. The van der Waals surface area contributed by atoms with Gasteiger partial charge in [0, 0.05) is 19.6 Å². The molecule has 0 bridgehead atoms. The number of hydrogen-bond donors (Lipinski definition) is 2. The van der Waals surface area contributed by atoms with E-state index < -0.39 is 0 Å². The van der Waals surface area contributed by atoms with Crippen LogP contribution in [0, 0.1) is 5.92 Å². The van der Waals surface area contributed by atoms with E-state index in [1.54, 1.807) is 14.2 Å². The summed E-state index contributed by atoms with van der Waals surface area (Å²) in [5, 5.41) is 3.19. The number of likely N-dealkylation sites (tertiary alicyclic amines) is 1. The van der Waals surface area contributed by atoms with Gasteiger partial charge in [0.05, 0.1) is 20.8 Å². The summed E-state index contributed by atoms with van der Waals surface area (Å²) in [6.07, 6.45) is 2.67. The zero-order valence-electron chi connectivity index (χ0n) is 18.4. The molecule has 2 aromatic rings. The van der Waals surface area contributed by atoms with E-state index in [1.807, 2.05) is 18.2 Å². The van der Waals surface area contributed by atoms with Crippen LogP contribution >= 0.6 is 0 Å². The number of methoxy groups -OCH3 is 2. The second-order valence-electron chi connectivity index (χ2n) is 8.04. The monoisotopic (exact) mass is 410 g/mol. The van der Waals surface area contributed by atoms with Crippen LogP contribution in [0.1, 0.15) is 36.5 Å². The van der Waals surface area contributed by atoms with Gasteiger partial charge in [0.1, 0.15) is 0 Å². The van der Waals surface area contributed by atoms with E-state index in [0.717, 1.165) is 18.0 Å². The van der Waals surface area contributed by atoms with Crippen LogP contribution in [0.3, 0.4) is 0 Å². The van der Waals surface area contributed by atoms with Crippen molar-refractivity contribution in [2.75, 3.05) is 27.3 Å². The molecule has 30 heavy (non-hydrogen) atoms. The van der Waals surface area contributed by atoms with Crippen molar-refractivity contribution in [1.82, 2.24) is 10.2 Å². The standard InChI is InChI=1S/C24H34N4O2/c1-18-5-4-12-28(16-18)17-20-8-6-19(7-9-20)14-26-24(25)27-15-21-10-11-22(29-2)23(13-21)30-3/h6-11,13,18H,4-5,12,14-17H2,1-3H3,(H3,25,26,27). The van der Waals surface area contributed by atoms with Crippen LogP contribution in [-0.4, -0.2) is 38.2 Å². The number of aliphatic imine (C=N–C) groups is 1. The molecule has 0 aliphatic carbocycles. The molecule has 3 rings (SSSR count). The molecule has 3 N–H and O–H groups in total. The van der Waals surface area contributed by atoms with Crippen LogP contribution < -0.4 is 20.5 Å². The van der Waals surface area contributed by atoms with Crippen molar-refractivity contribution >= 4 is 5.96 Å². The predicted octanol–water partition coefficient (Wildman–Crippen LogP) is 3.54. The summed E-state index contributed by atoms with van der Waals surface area (Å²) in [4.78, 5) is 6.98. The molecule has 1 fully saturated rings. The van der Waals surface area contributed by atoms with Crippen molar-refractivity contribution in [3.8, 4) is 11.5 Å². The Bertz CT molecular complexity index is 836. The molecule has 6 nitrogen and oxygen atoms in total. The van der Waals surface area contributed by atoms with Crippen molar-refractivity contribution < 1.29 is 9.47 Å². The fraction of sp³-hybridized carbons (Fsp3) is 0.458. The number of nitrogens with zero attached hydrogens (tertiary/aromatic N) is 2. The van der Waals surface area contributed by atoms with Crippen molar-refractivity contribution in [2.24, 2.45) is 16.6 Å². The molecule has 0 radical (unpaired) electrons. The van der Waals surface area contributed by atoms with E-state index >= 15 is 0 Å². The Balaban J connectivity index is 1.47. The fourth-order valence-electron chi connectivity index (χ4n) is 3.85. The van der Waals surface area contributed by atoms with Gasteiger partial charge in [-0.3, -0.25) is 4.90 Å². The number of guanidine groups is 1. The Labute approximate surface area is 180 Å². The number of ether oxygens (including phenoxy) is 2. The van der Waals surface area contributed by atoms with E-state index in [1.165, 1.54) is 37.1 Å². The molecular formula is C24H34N4O2. The van der Waals surface area contributed by atoms with Gasteiger partial charge in [-0.05, 0) is 54.1 Å². The fourth-order valence-corrected chi connectivity index (χ4v) is 3.85. The van der Waals surface area contributed by atoms with Gasteiger partial charge in [0.25, 0.3) is 0 Å². The maximum Gasteiger partial charge on any atom is 0.189 e. The zero-order chi connectivity index (χ0) is 21.3. The van der Waals surface area contributed by atoms with Gasteiger partial charge in [-0.2, -0.15) is 0 Å². The lowest BCUT2D eigenvalue weighted by Crippen LogP contribution is -2.33. The topological polar surface area (TPSA) is 72.1 Å². The Hall–Kier alpha value is -2.73. The summed E-state index contributed by atoms with van der Waals surface area (Å²) < 4.78 is 10.6. The lowest BCUT2D eigenvalue weighted by Gasteiger charge is -2.30. The zero-order valence-corrected chi connectivity index (χ0v) is 18.4. The Morgan fingerprint density at radius 2 is 1.77 bits per heavy atom. The number of nitrogens with one attached hydrogen (secondary N) is 1. The highest BCUT2D eigenvalue weighted by atomic mass is 16.5. The van der Waals surface area contributed by atoms with Crippen LogP contribution in [0.4, 0.5) is 0 Å². The molecular weight excluding hydrogens is 376 g/mol. The van der Waals surface area contributed by atoms with Crippen molar-refractivity contribution in [1.29, 1.82) is 0 Å². The molecule has 6 heteroatoms. The third-order valence-corrected chi connectivity index (χ3v) is 5.52.